The topological polar surface area (TPSA) is 66.0 Å². The molecule has 2 heterocycles. The Morgan fingerprint density at radius 2 is 1.55 bits per heavy atom. The first-order valence-electron chi connectivity index (χ1n) is 11.1. The number of aromatic nitrogens is 2. The van der Waals surface area contributed by atoms with Crippen LogP contribution >= 0.6 is 0 Å². The van der Waals surface area contributed by atoms with E-state index in [4.69, 9.17) is 0 Å². The quantitative estimate of drug-likeness (QED) is 0.298. The number of hydrogen-bond donors (Lipinski definition) is 2. The molecule has 0 amide bonds. The summed E-state index contributed by atoms with van der Waals surface area (Å²) >= 11 is 0. The molecule has 0 spiro atoms. The Bertz CT molecular complexity index is 1390. The molecular weight excluding hydrogens is 408 g/mol. The van der Waals surface area contributed by atoms with Crippen LogP contribution in [0.4, 0.5) is 0 Å². The van der Waals surface area contributed by atoms with Gasteiger partial charge in [0.1, 0.15) is 5.69 Å². The molecule has 162 valence electrons. The van der Waals surface area contributed by atoms with E-state index in [2.05, 4.69) is 46.4 Å². The number of fused-ring (bicyclic) bond motifs is 1. The maximum atomic E-state index is 12.2. The first kappa shape index (κ1) is 20.7. The van der Waals surface area contributed by atoms with E-state index in [-0.39, 0.29) is 5.69 Å². The third kappa shape index (κ3) is 4.15. The lowest BCUT2D eigenvalue weighted by molar-refractivity contribution is 0.0692. The molecule has 0 atom stereocenters. The number of carbonyl (C=O) groups is 1. The summed E-state index contributed by atoms with van der Waals surface area (Å²) in [4.78, 5) is 19.7. The van der Waals surface area contributed by atoms with Gasteiger partial charge >= 0.3 is 5.97 Å². The second-order valence-corrected chi connectivity index (χ2v) is 8.14. The molecule has 0 bridgehead atoms. The van der Waals surface area contributed by atoms with Crippen molar-refractivity contribution < 1.29 is 9.90 Å². The average molecular weight is 433 g/mol. The number of carboxylic acids is 1. The second kappa shape index (κ2) is 9.13. The number of H-pyrrole nitrogens is 1. The molecule has 0 unspecified atom stereocenters. The van der Waals surface area contributed by atoms with Gasteiger partial charge in [-0.1, -0.05) is 72.8 Å². The molecule has 4 nitrogen and oxygen atoms in total. The van der Waals surface area contributed by atoms with Gasteiger partial charge in [-0.25, -0.2) is 4.79 Å². The van der Waals surface area contributed by atoms with Gasteiger partial charge in [-0.3, -0.25) is 4.98 Å². The number of hydrogen-bond acceptors (Lipinski definition) is 2. The number of aryl methyl sites for hydroxylation is 2. The lowest BCUT2D eigenvalue weighted by atomic mass is 9.89. The van der Waals surface area contributed by atoms with Gasteiger partial charge in [0.05, 0.1) is 0 Å². The van der Waals surface area contributed by atoms with Crippen LogP contribution in [0.1, 0.15) is 28.0 Å². The minimum Gasteiger partial charge on any atom is -0.477 e. The average Bonchev–Trinajstić information content (AvgIpc) is 3.26. The largest absolute Gasteiger partial charge is 0.477 e. The fourth-order valence-corrected chi connectivity index (χ4v) is 4.58. The molecule has 0 aliphatic heterocycles. The van der Waals surface area contributed by atoms with Crippen molar-refractivity contribution in [1.82, 2.24) is 9.97 Å². The van der Waals surface area contributed by atoms with Crippen LogP contribution in [0.15, 0.2) is 97.3 Å². The van der Waals surface area contributed by atoms with Crippen molar-refractivity contribution in [3.8, 4) is 22.3 Å². The van der Waals surface area contributed by atoms with Gasteiger partial charge in [-0.2, -0.15) is 0 Å². The van der Waals surface area contributed by atoms with Crippen LogP contribution in [-0.4, -0.2) is 21.0 Å². The third-order valence-corrected chi connectivity index (χ3v) is 6.06. The fraction of sp³-hybridized carbons (Fsp3) is 0.103. The lowest BCUT2D eigenvalue weighted by Gasteiger charge is -2.14. The summed E-state index contributed by atoms with van der Waals surface area (Å²) in [6.07, 6.45) is 6.38. The van der Waals surface area contributed by atoms with E-state index in [1.54, 1.807) is 6.20 Å². The number of nitrogens with one attached hydrogen (secondary N) is 1. The molecule has 2 aromatic heterocycles. The van der Waals surface area contributed by atoms with E-state index >= 15 is 0 Å². The molecule has 0 saturated carbocycles. The predicted octanol–water partition coefficient (Wildman–Crippen LogP) is 6.77. The highest BCUT2D eigenvalue weighted by Crippen LogP contribution is 2.39. The molecule has 3 aromatic carbocycles. The fourth-order valence-electron chi connectivity index (χ4n) is 4.58. The Labute approximate surface area is 192 Å². The molecule has 0 radical (unpaired) electrons. The smallest absolute Gasteiger partial charge is 0.352 e. The summed E-state index contributed by atoms with van der Waals surface area (Å²) < 4.78 is 0. The highest BCUT2D eigenvalue weighted by atomic mass is 16.4. The third-order valence-electron chi connectivity index (χ3n) is 6.06. The Morgan fingerprint density at radius 3 is 2.24 bits per heavy atom. The molecule has 0 fully saturated rings. The van der Waals surface area contributed by atoms with Crippen molar-refractivity contribution in [2.45, 2.75) is 19.3 Å². The summed E-state index contributed by atoms with van der Waals surface area (Å²) in [6, 6.07) is 28.3. The molecule has 5 aromatic rings. The van der Waals surface area contributed by atoms with Gasteiger partial charge in [0.2, 0.25) is 0 Å². The first-order valence-corrected chi connectivity index (χ1v) is 11.1. The molecule has 33 heavy (non-hydrogen) atoms. The van der Waals surface area contributed by atoms with Gasteiger partial charge < -0.3 is 10.1 Å². The van der Waals surface area contributed by atoms with Crippen LogP contribution in [0.3, 0.4) is 0 Å². The maximum absolute atomic E-state index is 12.2. The van der Waals surface area contributed by atoms with Crippen LogP contribution in [0.2, 0.25) is 0 Å². The number of aromatic carboxylic acids is 1. The first-order chi connectivity index (χ1) is 16.2. The molecular formula is C29H24N2O2. The predicted molar refractivity (Wildman–Crippen MR) is 132 cm³/mol. The maximum Gasteiger partial charge on any atom is 0.352 e. The van der Waals surface area contributed by atoms with Crippen molar-refractivity contribution in [3.05, 3.63) is 114 Å². The Kier molecular flexibility index (Phi) is 5.73. The minimum atomic E-state index is -0.955. The number of carboxylic acid groups (broad SMARTS) is 1. The summed E-state index contributed by atoms with van der Waals surface area (Å²) in [7, 11) is 0. The van der Waals surface area contributed by atoms with E-state index in [1.807, 2.05) is 54.7 Å². The zero-order chi connectivity index (χ0) is 22.6. The summed E-state index contributed by atoms with van der Waals surface area (Å²) in [5, 5.41) is 11.0. The van der Waals surface area contributed by atoms with Crippen LogP contribution < -0.4 is 0 Å². The standard InChI is InChI=1S/C29H24N2O2/c32-29(33)28-26(21-12-5-2-6-13-21)27-24(15-7-11-20-9-3-1-4-10-20)23(16-17-25(27)31-28)22-14-8-18-30-19-22/h1-6,8-10,12-14,16-19,31H,7,11,15H2,(H,32,33). The van der Waals surface area contributed by atoms with E-state index < -0.39 is 5.97 Å². The van der Waals surface area contributed by atoms with Gasteiger partial charge in [0.15, 0.2) is 0 Å². The van der Waals surface area contributed by atoms with Crippen LogP contribution in [0.5, 0.6) is 0 Å². The highest BCUT2D eigenvalue weighted by molar-refractivity contribution is 6.10. The second-order valence-electron chi connectivity index (χ2n) is 8.14. The highest BCUT2D eigenvalue weighted by Gasteiger charge is 2.22. The Hall–Kier alpha value is -4.18. The van der Waals surface area contributed by atoms with Crippen molar-refractivity contribution in [2.75, 3.05) is 0 Å². The van der Waals surface area contributed by atoms with E-state index in [1.165, 1.54) is 5.56 Å². The van der Waals surface area contributed by atoms with Crippen molar-refractivity contribution in [2.24, 2.45) is 0 Å². The summed E-state index contributed by atoms with van der Waals surface area (Å²) in [5.74, 6) is -0.955. The minimum absolute atomic E-state index is 0.226. The molecule has 0 saturated heterocycles. The normalized spacial score (nSPS) is 11.0. The number of rotatable bonds is 7. The Morgan fingerprint density at radius 1 is 0.818 bits per heavy atom. The van der Waals surface area contributed by atoms with Gasteiger partial charge in [0, 0.05) is 34.4 Å². The number of benzene rings is 3. The number of nitrogens with zero attached hydrogens (tertiary/aromatic N) is 1. The van der Waals surface area contributed by atoms with Gasteiger partial charge in [-0.15, -0.1) is 0 Å². The zero-order valence-electron chi connectivity index (χ0n) is 18.2. The van der Waals surface area contributed by atoms with Crippen LogP contribution in [-0.2, 0) is 12.8 Å². The zero-order valence-corrected chi connectivity index (χ0v) is 18.2. The van der Waals surface area contributed by atoms with Crippen molar-refractivity contribution in [3.63, 3.8) is 0 Å². The molecule has 0 aliphatic carbocycles. The van der Waals surface area contributed by atoms with E-state index in [9.17, 15) is 9.90 Å². The Balaban J connectivity index is 1.70. The van der Waals surface area contributed by atoms with Crippen molar-refractivity contribution in [1.29, 1.82) is 0 Å². The van der Waals surface area contributed by atoms with Crippen LogP contribution in [0, 0.1) is 0 Å². The lowest BCUT2D eigenvalue weighted by Crippen LogP contribution is -1.99. The summed E-state index contributed by atoms with van der Waals surface area (Å²) in [6.45, 7) is 0. The van der Waals surface area contributed by atoms with Gasteiger partial charge in [0.25, 0.3) is 0 Å². The van der Waals surface area contributed by atoms with Crippen LogP contribution in [0.25, 0.3) is 33.2 Å². The number of pyridine rings is 1. The number of aromatic amines is 1. The van der Waals surface area contributed by atoms with E-state index in [0.717, 1.165) is 58.0 Å². The summed E-state index contributed by atoms with van der Waals surface area (Å²) in [5.41, 5.74) is 7.29. The monoisotopic (exact) mass is 432 g/mol. The molecule has 2 N–H and O–H groups in total. The van der Waals surface area contributed by atoms with Crippen molar-refractivity contribution >= 4 is 16.9 Å². The van der Waals surface area contributed by atoms with E-state index in [0.29, 0.717) is 0 Å². The van der Waals surface area contributed by atoms with Gasteiger partial charge in [-0.05, 0) is 53.6 Å². The molecule has 4 heteroatoms. The SMILES string of the molecule is O=C(O)c1[nH]c2ccc(-c3cccnc3)c(CCCc3ccccc3)c2c1-c1ccccc1. The molecule has 5 rings (SSSR count). The molecule has 0 aliphatic rings.